The molecule has 4 heteroatoms. The Morgan fingerprint density at radius 1 is 1.11 bits per heavy atom. The molecule has 0 fully saturated rings. The van der Waals surface area contributed by atoms with E-state index >= 15 is 0 Å². The summed E-state index contributed by atoms with van der Waals surface area (Å²) < 4.78 is 27.7. The summed E-state index contributed by atoms with van der Waals surface area (Å²) in [7, 11) is 0. The Hall–Kier alpha value is -1.26. The van der Waals surface area contributed by atoms with E-state index in [1.807, 2.05) is 0 Å². The highest BCUT2D eigenvalue weighted by atomic mass is 79.9. The minimum atomic E-state index is -0.674. The quantitative estimate of drug-likeness (QED) is 0.888. The van der Waals surface area contributed by atoms with Crippen LogP contribution in [0, 0.1) is 18.6 Å². The van der Waals surface area contributed by atoms with E-state index in [0.29, 0.717) is 15.6 Å². The van der Waals surface area contributed by atoms with Gasteiger partial charge in [0.2, 0.25) is 0 Å². The molecule has 2 rings (SSSR count). The van der Waals surface area contributed by atoms with E-state index in [4.69, 9.17) is 5.73 Å². The second-order valence-electron chi connectivity index (χ2n) is 4.21. The van der Waals surface area contributed by atoms with Crippen LogP contribution in [0.4, 0.5) is 8.78 Å². The van der Waals surface area contributed by atoms with Gasteiger partial charge in [0, 0.05) is 10.0 Å². The maximum atomic E-state index is 13.8. The molecule has 0 heterocycles. The van der Waals surface area contributed by atoms with Gasteiger partial charge in [-0.05, 0) is 42.3 Å². The summed E-state index contributed by atoms with van der Waals surface area (Å²) in [4.78, 5) is 0. The zero-order chi connectivity index (χ0) is 13.3. The van der Waals surface area contributed by atoms with Crippen molar-refractivity contribution in [1.82, 2.24) is 0 Å². The summed E-state index contributed by atoms with van der Waals surface area (Å²) in [5.74, 6) is -0.767. The molecule has 0 bridgehead atoms. The summed E-state index contributed by atoms with van der Waals surface area (Å²) in [5.41, 5.74) is 7.66. The van der Waals surface area contributed by atoms with Crippen LogP contribution in [0.15, 0.2) is 40.9 Å². The maximum Gasteiger partial charge on any atom is 0.129 e. The van der Waals surface area contributed by atoms with Gasteiger partial charge in [-0.15, -0.1) is 0 Å². The number of aryl methyl sites for hydroxylation is 1. The van der Waals surface area contributed by atoms with Crippen molar-refractivity contribution in [3.8, 4) is 0 Å². The lowest BCUT2D eigenvalue weighted by atomic mass is 9.97. The maximum absolute atomic E-state index is 13.8. The number of halogens is 3. The highest BCUT2D eigenvalue weighted by Crippen LogP contribution is 2.25. The third-order valence-corrected chi connectivity index (χ3v) is 3.21. The number of benzene rings is 2. The molecule has 2 aromatic carbocycles. The Balaban J connectivity index is 2.44. The predicted molar refractivity (Wildman–Crippen MR) is 71.3 cm³/mol. The third kappa shape index (κ3) is 2.76. The molecule has 0 saturated carbocycles. The lowest BCUT2D eigenvalue weighted by Gasteiger charge is -2.14. The van der Waals surface area contributed by atoms with E-state index in [-0.39, 0.29) is 5.82 Å². The monoisotopic (exact) mass is 311 g/mol. The van der Waals surface area contributed by atoms with E-state index in [1.54, 1.807) is 25.1 Å². The van der Waals surface area contributed by atoms with Crippen LogP contribution in [0.25, 0.3) is 0 Å². The average Bonchev–Trinajstić information content (AvgIpc) is 2.26. The first-order chi connectivity index (χ1) is 8.47. The largest absolute Gasteiger partial charge is 0.320 e. The van der Waals surface area contributed by atoms with Crippen molar-refractivity contribution in [3.05, 3.63) is 69.2 Å². The average molecular weight is 312 g/mol. The first-order valence-corrected chi connectivity index (χ1v) is 6.24. The Bertz CT molecular complexity index is 564. The van der Waals surface area contributed by atoms with E-state index < -0.39 is 11.9 Å². The van der Waals surface area contributed by atoms with Crippen LogP contribution >= 0.6 is 15.9 Å². The minimum Gasteiger partial charge on any atom is -0.320 e. The molecule has 1 nitrogen and oxygen atoms in total. The van der Waals surface area contributed by atoms with Crippen molar-refractivity contribution in [2.75, 3.05) is 0 Å². The topological polar surface area (TPSA) is 26.0 Å². The fraction of sp³-hybridized carbons (Fsp3) is 0.143. The highest BCUT2D eigenvalue weighted by molar-refractivity contribution is 9.10. The summed E-state index contributed by atoms with van der Waals surface area (Å²) in [6, 6.07) is 8.49. The van der Waals surface area contributed by atoms with Crippen molar-refractivity contribution < 1.29 is 8.78 Å². The van der Waals surface area contributed by atoms with Crippen LogP contribution in [-0.4, -0.2) is 0 Å². The van der Waals surface area contributed by atoms with Crippen molar-refractivity contribution in [2.45, 2.75) is 13.0 Å². The van der Waals surface area contributed by atoms with Gasteiger partial charge in [0.05, 0.1) is 6.04 Å². The molecule has 0 spiro atoms. The fourth-order valence-electron chi connectivity index (χ4n) is 1.88. The van der Waals surface area contributed by atoms with E-state index in [0.717, 1.165) is 5.56 Å². The zero-order valence-corrected chi connectivity index (χ0v) is 11.3. The molecule has 0 aromatic heterocycles. The second-order valence-corrected chi connectivity index (χ2v) is 5.12. The van der Waals surface area contributed by atoms with Gasteiger partial charge in [-0.2, -0.15) is 0 Å². The van der Waals surface area contributed by atoms with Crippen LogP contribution in [0.1, 0.15) is 22.7 Å². The van der Waals surface area contributed by atoms with Crippen LogP contribution in [-0.2, 0) is 0 Å². The lowest BCUT2D eigenvalue weighted by Crippen LogP contribution is -2.14. The standard InChI is InChI=1S/C14H12BrF2N/c1-8-4-9(6-11(16)5-8)14(18)12-3-2-10(15)7-13(12)17/h2-7,14H,18H2,1H3. The summed E-state index contributed by atoms with van der Waals surface area (Å²) >= 11 is 3.18. The van der Waals surface area contributed by atoms with E-state index in [9.17, 15) is 8.78 Å². The molecule has 0 aliphatic heterocycles. The molecule has 2 N–H and O–H groups in total. The first kappa shape index (κ1) is 13.2. The molecule has 18 heavy (non-hydrogen) atoms. The molecule has 1 atom stereocenters. The normalized spacial score (nSPS) is 12.5. The van der Waals surface area contributed by atoms with Crippen molar-refractivity contribution in [3.63, 3.8) is 0 Å². The number of rotatable bonds is 2. The fourth-order valence-corrected chi connectivity index (χ4v) is 2.21. The van der Waals surface area contributed by atoms with Gasteiger partial charge in [-0.25, -0.2) is 8.78 Å². The molecule has 94 valence electrons. The van der Waals surface area contributed by atoms with E-state index in [2.05, 4.69) is 15.9 Å². The summed E-state index contributed by atoms with van der Waals surface area (Å²) in [5, 5.41) is 0. The number of nitrogens with two attached hydrogens (primary N) is 1. The van der Waals surface area contributed by atoms with Crippen molar-refractivity contribution >= 4 is 15.9 Å². The molecule has 2 aromatic rings. The zero-order valence-electron chi connectivity index (χ0n) is 9.75. The Morgan fingerprint density at radius 3 is 2.44 bits per heavy atom. The molecule has 0 aliphatic carbocycles. The smallest absolute Gasteiger partial charge is 0.129 e. The van der Waals surface area contributed by atoms with Gasteiger partial charge in [-0.3, -0.25) is 0 Å². The Morgan fingerprint density at radius 2 is 1.83 bits per heavy atom. The number of hydrogen-bond acceptors (Lipinski definition) is 1. The van der Waals surface area contributed by atoms with Gasteiger partial charge < -0.3 is 5.73 Å². The molecular weight excluding hydrogens is 300 g/mol. The third-order valence-electron chi connectivity index (χ3n) is 2.72. The molecule has 0 radical (unpaired) electrons. The molecular formula is C14H12BrF2N. The predicted octanol–water partition coefficient (Wildman–Crippen LogP) is 4.08. The minimum absolute atomic E-state index is 0.350. The van der Waals surface area contributed by atoms with Gasteiger partial charge in [-0.1, -0.05) is 28.1 Å². The summed E-state index contributed by atoms with van der Waals surface area (Å²) in [6.07, 6.45) is 0. The van der Waals surface area contributed by atoms with Crippen LogP contribution < -0.4 is 5.73 Å². The molecule has 0 saturated heterocycles. The summed E-state index contributed by atoms with van der Waals surface area (Å²) in [6.45, 7) is 1.78. The van der Waals surface area contributed by atoms with Crippen molar-refractivity contribution in [1.29, 1.82) is 0 Å². The molecule has 0 amide bonds. The lowest BCUT2D eigenvalue weighted by molar-refractivity contribution is 0.594. The van der Waals surface area contributed by atoms with Crippen molar-refractivity contribution in [2.24, 2.45) is 5.73 Å². The number of hydrogen-bond donors (Lipinski definition) is 1. The molecule has 1 unspecified atom stereocenters. The Labute approximate surface area is 113 Å². The van der Waals surface area contributed by atoms with Gasteiger partial charge in [0.1, 0.15) is 11.6 Å². The van der Waals surface area contributed by atoms with E-state index in [1.165, 1.54) is 18.2 Å². The SMILES string of the molecule is Cc1cc(F)cc(C(N)c2ccc(Br)cc2F)c1. The van der Waals surface area contributed by atoms with Gasteiger partial charge in [0.25, 0.3) is 0 Å². The van der Waals surface area contributed by atoms with Crippen LogP contribution in [0.3, 0.4) is 0 Å². The van der Waals surface area contributed by atoms with Crippen LogP contribution in [0.2, 0.25) is 0 Å². The van der Waals surface area contributed by atoms with Gasteiger partial charge >= 0.3 is 0 Å². The Kier molecular flexibility index (Phi) is 3.78. The first-order valence-electron chi connectivity index (χ1n) is 5.45. The molecule has 0 aliphatic rings. The van der Waals surface area contributed by atoms with Gasteiger partial charge in [0.15, 0.2) is 0 Å². The highest BCUT2D eigenvalue weighted by Gasteiger charge is 2.14. The second kappa shape index (κ2) is 5.16. The van der Waals surface area contributed by atoms with Crippen LogP contribution in [0.5, 0.6) is 0 Å².